The second-order valence-electron chi connectivity index (χ2n) is 4.88. The van der Waals surface area contributed by atoms with Crippen LogP contribution in [-0.2, 0) is 9.53 Å². The number of nitrogens with two attached hydrogens (primary N) is 1. The van der Waals surface area contributed by atoms with Crippen LogP contribution in [0.4, 0.5) is 5.00 Å². The van der Waals surface area contributed by atoms with Gasteiger partial charge in [-0.05, 0) is 31.3 Å². The van der Waals surface area contributed by atoms with Crippen molar-refractivity contribution in [2.75, 3.05) is 25.4 Å². The minimum Gasteiger partial charge on any atom is -0.452 e. The van der Waals surface area contributed by atoms with Gasteiger partial charge in [-0.3, -0.25) is 4.79 Å². The number of carbonyl (C=O) groups excluding carboxylic acids is 2. The average molecular weight is 297 g/mol. The van der Waals surface area contributed by atoms with Crippen molar-refractivity contribution in [1.29, 1.82) is 0 Å². The molecule has 1 aromatic rings. The SMILES string of the molecule is Cc1nsc(N)c1C(=O)OCC(=O)N1CCCCCC1. The maximum Gasteiger partial charge on any atom is 0.343 e. The number of carbonyl (C=O) groups is 2. The van der Waals surface area contributed by atoms with E-state index in [1.54, 1.807) is 11.8 Å². The lowest BCUT2D eigenvalue weighted by Crippen LogP contribution is -2.35. The Hall–Kier alpha value is -1.63. The highest BCUT2D eigenvalue weighted by Crippen LogP contribution is 2.21. The van der Waals surface area contributed by atoms with Crippen molar-refractivity contribution < 1.29 is 14.3 Å². The van der Waals surface area contributed by atoms with Gasteiger partial charge in [0.05, 0.1) is 5.69 Å². The molecule has 2 N–H and O–H groups in total. The molecule has 1 aliphatic rings. The van der Waals surface area contributed by atoms with E-state index in [-0.39, 0.29) is 18.1 Å². The fourth-order valence-corrected chi connectivity index (χ4v) is 2.90. The van der Waals surface area contributed by atoms with E-state index in [9.17, 15) is 9.59 Å². The Kier molecular flexibility index (Phi) is 4.94. The summed E-state index contributed by atoms with van der Waals surface area (Å²) in [6.07, 6.45) is 4.33. The van der Waals surface area contributed by atoms with Gasteiger partial charge in [-0.15, -0.1) is 0 Å². The molecule has 7 heteroatoms. The zero-order valence-corrected chi connectivity index (χ0v) is 12.4. The summed E-state index contributed by atoms with van der Waals surface area (Å²) in [6, 6.07) is 0. The highest BCUT2D eigenvalue weighted by atomic mass is 32.1. The Morgan fingerprint density at radius 2 is 1.95 bits per heavy atom. The Labute approximate surface area is 122 Å². The standard InChI is InChI=1S/C13H19N3O3S/c1-9-11(12(14)20-15-9)13(18)19-8-10(17)16-6-4-2-3-5-7-16/h2-8,14H2,1H3. The first-order chi connectivity index (χ1) is 9.59. The van der Waals surface area contributed by atoms with Gasteiger partial charge in [-0.25, -0.2) is 4.79 Å². The number of aromatic nitrogens is 1. The predicted octanol–water partition coefficient (Wildman–Crippen LogP) is 1.59. The van der Waals surface area contributed by atoms with E-state index in [0.717, 1.165) is 50.3 Å². The number of nitrogen functional groups attached to an aromatic ring is 1. The number of likely N-dealkylation sites (tertiary alicyclic amines) is 1. The molecular weight excluding hydrogens is 278 g/mol. The first kappa shape index (κ1) is 14.8. The second-order valence-corrected chi connectivity index (χ2v) is 5.68. The van der Waals surface area contributed by atoms with Gasteiger partial charge in [0, 0.05) is 13.1 Å². The molecule has 20 heavy (non-hydrogen) atoms. The Bertz CT molecular complexity index is 474. The summed E-state index contributed by atoms with van der Waals surface area (Å²) in [4.78, 5) is 25.7. The molecule has 0 saturated carbocycles. The summed E-state index contributed by atoms with van der Waals surface area (Å²) in [5, 5.41) is 0.328. The van der Waals surface area contributed by atoms with E-state index in [0.29, 0.717) is 10.7 Å². The quantitative estimate of drug-likeness (QED) is 0.856. The lowest BCUT2D eigenvalue weighted by Gasteiger charge is -2.19. The maximum absolute atomic E-state index is 12.0. The summed E-state index contributed by atoms with van der Waals surface area (Å²) in [6.45, 7) is 2.96. The third-order valence-corrected chi connectivity index (χ3v) is 4.14. The predicted molar refractivity (Wildman–Crippen MR) is 76.6 cm³/mol. The molecule has 0 aliphatic carbocycles. The van der Waals surface area contributed by atoms with Gasteiger partial charge in [-0.2, -0.15) is 4.37 Å². The molecule has 1 saturated heterocycles. The molecule has 2 heterocycles. The van der Waals surface area contributed by atoms with Crippen LogP contribution < -0.4 is 5.73 Å². The number of rotatable bonds is 3. The van der Waals surface area contributed by atoms with Gasteiger partial charge in [0.1, 0.15) is 10.6 Å². The van der Waals surface area contributed by atoms with Crippen LogP contribution in [0.1, 0.15) is 41.7 Å². The minimum atomic E-state index is -0.572. The normalized spacial score (nSPS) is 15.8. The third kappa shape index (κ3) is 3.47. The van der Waals surface area contributed by atoms with Crippen LogP contribution in [0.25, 0.3) is 0 Å². The third-order valence-electron chi connectivity index (χ3n) is 3.38. The second kappa shape index (κ2) is 6.69. The number of amides is 1. The molecule has 110 valence electrons. The molecule has 0 aromatic carbocycles. The molecule has 1 aliphatic heterocycles. The van der Waals surface area contributed by atoms with Gasteiger partial charge in [0.25, 0.3) is 5.91 Å². The van der Waals surface area contributed by atoms with Gasteiger partial charge in [0.2, 0.25) is 0 Å². The molecule has 0 bridgehead atoms. The van der Waals surface area contributed by atoms with Crippen LogP contribution in [0.5, 0.6) is 0 Å². The monoisotopic (exact) mass is 297 g/mol. The number of esters is 1. The summed E-state index contributed by atoms with van der Waals surface area (Å²) in [5.41, 5.74) is 6.49. The molecule has 6 nitrogen and oxygen atoms in total. The zero-order valence-electron chi connectivity index (χ0n) is 11.6. The summed E-state index contributed by atoms with van der Waals surface area (Å²) < 4.78 is 9.05. The topological polar surface area (TPSA) is 85.5 Å². The van der Waals surface area contributed by atoms with E-state index >= 15 is 0 Å². The Balaban J connectivity index is 1.88. The molecule has 1 amide bonds. The minimum absolute atomic E-state index is 0.139. The number of nitrogens with zero attached hydrogens (tertiary/aromatic N) is 2. The number of anilines is 1. The number of hydrogen-bond donors (Lipinski definition) is 1. The van der Waals surface area contributed by atoms with E-state index in [2.05, 4.69) is 4.37 Å². The fraction of sp³-hybridized carbons (Fsp3) is 0.615. The van der Waals surface area contributed by atoms with Crippen molar-refractivity contribution in [3.63, 3.8) is 0 Å². The van der Waals surface area contributed by atoms with Crippen molar-refractivity contribution >= 4 is 28.4 Å². The van der Waals surface area contributed by atoms with Gasteiger partial charge >= 0.3 is 5.97 Å². The van der Waals surface area contributed by atoms with Gasteiger partial charge in [-0.1, -0.05) is 12.8 Å². The first-order valence-corrected chi connectivity index (χ1v) is 7.53. The highest BCUT2D eigenvalue weighted by molar-refractivity contribution is 7.10. The van der Waals surface area contributed by atoms with Crippen molar-refractivity contribution in [3.8, 4) is 0 Å². The zero-order chi connectivity index (χ0) is 14.5. The van der Waals surface area contributed by atoms with Crippen LogP contribution in [0.3, 0.4) is 0 Å². The van der Waals surface area contributed by atoms with E-state index < -0.39 is 5.97 Å². The van der Waals surface area contributed by atoms with Gasteiger partial charge in [0.15, 0.2) is 6.61 Å². The smallest absolute Gasteiger partial charge is 0.343 e. The molecule has 1 aromatic heterocycles. The molecule has 0 atom stereocenters. The highest BCUT2D eigenvalue weighted by Gasteiger charge is 2.21. The van der Waals surface area contributed by atoms with Crippen molar-refractivity contribution in [2.24, 2.45) is 0 Å². The van der Waals surface area contributed by atoms with Crippen LogP contribution in [-0.4, -0.2) is 40.8 Å². The lowest BCUT2D eigenvalue weighted by atomic mass is 10.2. The van der Waals surface area contributed by atoms with Crippen LogP contribution >= 0.6 is 11.5 Å². The van der Waals surface area contributed by atoms with E-state index in [1.165, 1.54) is 0 Å². The van der Waals surface area contributed by atoms with E-state index in [1.807, 2.05) is 0 Å². The molecule has 0 radical (unpaired) electrons. The van der Waals surface area contributed by atoms with Crippen molar-refractivity contribution in [2.45, 2.75) is 32.6 Å². The molecule has 0 spiro atoms. The fourth-order valence-electron chi connectivity index (χ4n) is 2.25. The summed E-state index contributed by atoms with van der Waals surface area (Å²) in [5.74, 6) is -0.711. The number of hydrogen-bond acceptors (Lipinski definition) is 6. The number of aryl methyl sites for hydroxylation is 1. The van der Waals surface area contributed by atoms with Gasteiger partial charge < -0.3 is 15.4 Å². The molecule has 0 unspecified atom stereocenters. The summed E-state index contributed by atoms with van der Waals surface area (Å²) in [7, 11) is 0. The van der Waals surface area contributed by atoms with Crippen molar-refractivity contribution in [1.82, 2.24) is 9.27 Å². The van der Waals surface area contributed by atoms with E-state index in [4.69, 9.17) is 10.5 Å². The maximum atomic E-state index is 12.0. The largest absolute Gasteiger partial charge is 0.452 e. The number of ether oxygens (including phenoxy) is 1. The first-order valence-electron chi connectivity index (χ1n) is 6.76. The van der Waals surface area contributed by atoms with Crippen LogP contribution in [0, 0.1) is 6.92 Å². The summed E-state index contributed by atoms with van der Waals surface area (Å²) >= 11 is 1.06. The molecule has 2 rings (SSSR count). The average Bonchev–Trinajstić information content (AvgIpc) is 2.66. The lowest BCUT2D eigenvalue weighted by molar-refractivity contribution is -0.134. The molecular formula is C13H19N3O3S. The van der Waals surface area contributed by atoms with Crippen LogP contribution in [0.2, 0.25) is 0 Å². The van der Waals surface area contributed by atoms with Crippen LogP contribution in [0.15, 0.2) is 0 Å². The Morgan fingerprint density at radius 3 is 2.50 bits per heavy atom. The van der Waals surface area contributed by atoms with Crippen molar-refractivity contribution in [3.05, 3.63) is 11.3 Å². The Morgan fingerprint density at radius 1 is 1.30 bits per heavy atom. The molecule has 1 fully saturated rings.